The number of carbonyl (C=O) groups excluding carboxylic acids is 4. The highest BCUT2D eigenvalue weighted by molar-refractivity contribution is 6.20. The minimum Gasteiger partial charge on any atom is -0.468 e. The molecule has 0 unspecified atom stereocenters. The molecule has 1 atom stereocenters. The number of aromatic nitrogens is 2. The summed E-state index contributed by atoms with van der Waals surface area (Å²) in [4.78, 5) is 63.8. The molecule has 0 aliphatic heterocycles. The van der Waals surface area contributed by atoms with Gasteiger partial charge in [0.1, 0.15) is 0 Å². The second kappa shape index (κ2) is 15.0. The van der Waals surface area contributed by atoms with Crippen molar-refractivity contribution in [2.24, 2.45) is 10.4 Å². The lowest BCUT2D eigenvalue weighted by molar-refractivity contribution is -0.149. The summed E-state index contributed by atoms with van der Waals surface area (Å²) in [5, 5.41) is 8.88. The van der Waals surface area contributed by atoms with E-state index < -0.39 is 17.3 Å². The summed E-state index contributed by atoms with van der Waals surface area (Å²) in [6.45, 7) is 8.23. The number of carbonyl (C=O) groups is 4. The van der Waals surface area contributed by atoms with E-state index in [4.69, 9.17) is 4.74 Å². The van der Waals surface area contributed by atoms with Gasteiger partial charge in [-0.3, -0.25) is 24.2 Å². The Labute approximate surface area is 268 Å². The van der Waals surface area contributed by atoms with Gasteiger partial charge in [0.25, 0.3) is 11.8 Å². The number of esters is 1. The van der Waals surface area contributed by atoms with E-state index in [9.17, 15) is 19.2 Å². The van der Waals surface area contributed by atoms with Crippen molar-refractivity contribution in [3.63, 3.8) is 0 Å². The van der Waals surface area contributed by atoms with Gasteiger partial charge in [0.2, 0.25) is 5.95 Å². The molecule has 0 saturated heterocycles. The Hall–Kier alpha value is -5.45. The molecule has 2 aromatic carbocycles. The van der Waals surface area contributed by atoms with Gasteiger partial charge in [-0.05, 0) is 81.6 Å². The second-order valence-electron chi connectivity index (χ2n) is 11.0. The number of amides is 2. The summed E-state index contributed by atoms with van der Waals surface area (Å²) in [5.41, 5.74) is 3.87. The first-order valence-electron chi connectivity index (χ1n) is 15.0. The largest absolute Gasteiger partial charge is 0.468 e. The van der Waals surface area contributed by atoms with Crippen LogP contribution in [-0.4, -0.2) is 53.4 Å². The molecule has 46 heavy (non-hydrogen) atoms. The Morgan fingerprint density at radius 1 is 1.11 bits per heavy atom. The summed E-state index contributed by atoms with van der Waals surface area (Å²) in [6, 6.07) is 14.1. The summed E-state index contributed by atoms with van der Waals surface area (Å²) in [6.07, 6.45) is 7.16. The van der Waals surface area contributed by atoms with Crippen LogP contribution in [0.2, 0.25) is 0 Å². The van der Waals surface area contributed by atoms with Crippen LogP contribution in [0.15, 0.2) is 77.4 Å². The smallest absolute Gasteiger partial charge is 0.315 e. The predicted octanol–water partition coefficient (Wildman–Crippen LogP) is 5.36. The van der Waals surface area contributed by atoms with Crippen LogP contribution in [0.5, 0.6) is 0 Å². The normalized spacial score (nSPS) is 16.5. The third-order valence-corrected chi connectivity index (χ3v) is 7.58. The van der Waals surface area contributed by atoms with Gasteiger partial charge in [0.15, 0.2) is 5.78 Å². The highest BCUT2D eigenvalue weighted by Gasteiger charge is 2.39. The number of Topliss-reactive ketones (excluding diaryl/α,β-unsaturated/α-hetero) is 1. The topological polar surface area (TPSA) is 152 Å². The zero-order chi connectivity index (χ0) is 33.3. The molecule has 0 saturated carbocycles. The van der Waals surface area contributed by atoms with Crippen LogP contribution in [0.25, 0.3) is 5.57 Å². The van der Waals surface area contributed by atoms with Crippen LogP contribution in [0.3, 0.4) is 0 Å². The van der Waals surface area contributed by atoms with Crippen molar-refractivity contribution < 1.29 is 23.9 Å². The lowest BCUT2D eigenvalue weighted by Crippen LogP contribution is -2.37. The molecular formula is C35H38N6O5. The van der Waals surface area contributed by atoms with Crippen molar-refractivity contribution in [1.82, 2.24) is 15.3 Å². The fourth-order valence-electron chi connectivity index (χ4n) is 4.93. The van der Waals surface area contributed by atoms with Gasteiger partial charge in [0.05, 0.1) is 23.8 Å². The summed E-state index contributed by atoms with van der Waals surface area (Å²) in [5.74, 6) is -1.29. The minimum absolute atomic E-state index is 0.0652. The molecule has 0 bridgehead atoms. The molecular weight excluding hydrogens is 584 g/mol. The Balaban J connectivity index is 1.39. The number of hydrogen-bond donors (Lipinski definition) is 3. The number of aliphatic imine (C=N–C) groups is 1. The van der Waals surface area contributed by atoms with E-state index >= 15 is 0 Å². The Morgan fingerprint density at radius 2 is 1.91 bits per heavy atom. The maximum Gasteiger partial charge on any atom is 0.315 e. The Bertz CT molecular complexity index is 1740. The first kappa shape index (κ1) is 33.4. The number of methoxy groups -OCH3 is 1. The zero-order valence-electron chi connectivity index (χ0n) is 26.6. The molecule has 3 aromatic rings. The number of aryl methyl sites for hydroxylation is 1. The zero-order valence-corrected chi connectivity index (χ0v) is 26.6. The van der Waals surface area contributed by atoms with Gasteiger partial charge in [-0.2, -0.15) is 0 Å². The monoisotopic (exact) mass is 622 g/mol. The second-order valence-corrected chi connectivity index (χ2v) is 11.0. The number of ketones is 1. The molecule has 0 radical (unpaired) electrons. The van der Waals surface area contributed by atoms with Crippen LogP contribution in [0, 0.1) is 12.3 Å². The van der Waals surface area contributed by atoms with Gasteiger partial charge in [-0.1, -0.05) is 24.3 Å². The predicted molar refractivity (Wildman–Crippen MR) is 178 cm³/mol. The lowest BCUT2D eigenvalue weighted by atomic mass is 9.77. The van der Waals surface area contributed by atoms with Crippen molar-refractivity contribution in [2.45, 2.75) is 47.1 Å². The maximum absolute atomic E-state index is 13.1. The maximum atomic E-state index is 13.1. The molecule has 1 aliphatic rings. The molecule has 2 amide bonds. The van der Waals surface area contributed by atoms with Gasteiger partial charge in [-0.15, -0.1) is 0 Å². The first-order valence-corrected chi connectivity index (χ1v) is 15.0. The third kappa shape index (κ3) is 8.17. The fraction of sp³-hybridized carbons (Fsp3) is 0.286. The molecule has 1 aromatic heterocycles. The molecule has 1 heterocycles. The fourth-order valence-corrected chi connectivity index (χ4v) is 4.93. The van der Waals surface area contributed by atoms with E-state index in [1.807, 2.05) is 45.0 Å². The van der Waals surface area contributed by atoms with E-state index in [1.165, 1.54) is 13.2 Å². The molecule has 3 N–H and O–H groups in total. The SMILES string of the molecule is C/C=C(\C=NCC)c1ccnc(Nc2ccc(NC(=O)c3cccc(CNC(=O)C4=C[C@](C)(C(=O)OC)CCC4=O)c3)cc2C)n1. The van der Waals surface area contributed by atoms with Gasteiger partial charge < -0.3 is 20.7 Å². The number of ether oxygens (including phenoxy) is 1. The van der Waals surface area contributed by atoms with Crippen LogP contribution in [-0.2, 0) is 25.7 Å². The molecule has 11 nitrogen and oxygen atoms in total. The Morgan fingerprint density at radius 3 is 2.63 bits per heavy atom. The van der Waals surface area contributed by atoms with Crippen LogP contribution >= 0.6 is 0 Å². The Kier molecular flexibility index (Phi) is 10.9. The van der Waals surface area contributed by atoms with Crippen molar-refractivity contribution in [1.29, 1.82) is 0 Å². The first-order chi connectivity index (χ1) is 22.1. The molecule has 4 rings (SSSR count). The number of nitrogens with zero attached hydrogens (tertiary/aromatic N) is 3. The van der Waals surface area contributed by atoms with E-state index in [0.29, 0.717) is 29.3 Å². The van der Waals surface area contributed by atoms with Gasteiger partial charge in [-0.25, -0.2) is 9.97 Å². The molecule has 1 aliphatic carbocycles. The van der Waals surface area contributed by atoms with Gasteiger partial charge >= 0.3 is 5.97 Å². The lowest BCUT2D eigenvalue weighted by Gasteiger charge is -2.27. The molecule has 238 valence electrons. The number of nitrogens with one attached hydrogen (secondary N) is 3. The van der Waals surface area contributed by atoms with E-state index in [1.54, 1.807) is 49.7 Å². The average Bonchev–Trinajstić information content (AvgIpc) is 3.06. The van der Waals surface area contributed by atoms with E-state index in [-0.39, 0.29) is 36.6 Å². The van der Waals surface area contributed by atoms with Crippen molar-refractivity contribution in [2.75, 3.05) is 24.3 Å². The number of rotatable bonds is 11. The highest BCUT2D eigenvalue weighted by Crippen LogP contribution is 2.33. The van der Waals surface area contributed by atoms with Gasteiger partial charge in [0, 0.05) is 54.4 Å². The number of allylic oxidation sites excluding steroid dienone is 2. The molecule has 0 fully saturated rings. The standard InChI is InChI=1S/C35H38N6O5/c1-6-24(21-36-7-2)29-14-16-37-34(41-29)40-28-12-11-26(17-22(28)3)39-31(43)25-10-8-9-23(18-25)20-38-32(44)27-19-35(4,33(45)46-5)15-13-30(27)42/h6,8-12,14,16-19,21H,7,13,15,20H2,1-5H3,(H,38,44)(H,39,43)(H,37,40,41)/b24-6+,36-21?/t35-/m1/s1. The van der Waals surface area contributed by atoms with Crippen molar-refractivity contribution in [3.05, 3.63) is 94.8 Å². The summed E-state index contributed by atoms with van der Waals surface area (Å²) >= 11 is 0. The highest BCUT2D eigenvalue weighted by atomic mass is 16.5. The average molecular weight is 623 g/mol. The quantitative estimate of drug-likeness (QED) is 0.147. The van der Waals surface area contributed by atoms with E-state index in [0.717, 1.165) is 22.5 Å². The van der Waals surface area contributed by atoms with Crippen LogP contribution < -0.4 is 16.0 Å². The van der Waals surface area contributed by atoms with Crippen LogP contribution in [0.4, 0.5) is 17.3 Å². The number of benzene rings is 2. The van der Waals surface area contributed by atoms with E-state index in [2.05, 4.69) is 30.9 Å². The minimum atomic E-state index is -1.04. The summed E-state index contributed by atoms with van der Waals surface area (Å²) < 4.78 is 4.85. The molecule has 11 heteroatoms. The van der Waals surface area contributed by atoms with Crippen molar-refractivity contribution >= 4 is 52.7 Å². The number of hydrogen-bond acceptors (Lipinski definition) is 9. The number of anilines is 3. The molecule has 0 spiro atoms. The summed E-state index contributed by atoms with van der Waals surface area (Å²) in [7, 11) is 1.27. The van der Waals surface area contributed by atoms with Crippen LogP contribution in [0.1, 0.15) is 60.8 Å². The third-order valence-electron chi connectivity index (χ3n) is 7.58. The van der Waals surface area contributed by atoms with Crippen molar-refractivity contribution in [3.8, 4) is 0 Å².